The predicted molar refractivity (Wildman–Crippen MR) is 189 cm³/mol. The molecule has 0 saturated heterocycles. The normalized spacial score (nSPS) is 16.5. The van der Waals surface area contributed by atoms with Gasteiger partial charge in [-0.2, -0.15) is 0 Å². The van der Waals surface area contributed by atoms with Gasteiger partial charge in [-0.15, -0.1) is 11.3 Å². The number of thiophene rings is 1. The minimum atomic E-state index is 0.354. The molecule has 8 rings (SSSR count). The van der Waals surface area contributed by atoms with Crippen LogP contribution in [0.15, 0.2) is 134 Å². The molecule has 1 atom stereocenters. The van der Waals surface area contributed by atoms with Gasteiger partial charge in [-0.1, -0.05) is 128 Å². The average molecular weight is 569 g/mol. The minimum absolute atomic E-state index is 0.354. The standard InChI is InChI=1S/C42H32S/c1-2-3-11-32-26-33-12-4-5-17-35(33)40-27-31(22-23-36(32)40)29-14-8-13-28(24-29)30-15-9-16-34(25-30)37-19-10-20-39-38-18-6-7-21-41(38)43-42(37)39/h2-9,11-18,20-23,25-28H,1,10,19,24H2/b11-3-. The van der Waals surface area contributed by atoms with Crippen molar-refractivity contribution in [3.8, 4) is 0 Å². The van der Waals surface area contributed by atoms with Crippen LogP contribution in [0.5, 0.6) is 0 Å². The van der Waals surface area contributed by atoms with E-state index in [1.807, 2.05) is 23.5 Å². The van der Waals surface area contributed by atoms with Gasteiger partial charge in [0, 0.05) is 15.2 Å². The van der Waals surface area contributed by atoms with Gasteiger partial charge in [-0.3, -0.25) is 0 Å². The summed E-state index contributed by atoms with van der Waals surface area (Å²) < 4.78 is 2.84. The van der Waals surface area contributed by atoms with Gasteiger partial charge in [0.25, 0.3) is 0 Å². The molecule has 1 unspecified atom stereocenters. The van der Waals surface area contributed by atoms with E-state index in [-0.39, 0.29) is 0 Å². The Balaban J connectivity index is 1.16. The van der Waals surface area contributed by atoms with E-state index in [1.54, 1.807) is 0 Å². The highest BCUT2D eigenvalue weighted by molar-refractivity contribution is 7.17. The van der Waals surface area contributed by atoms with Gasteiger partial charge in [0.15, 0.2) is 0 Å². The smallest absolute Gasteiger partial charge is 0.0390 e. The van der Waals surface area contributed by atoms with Crippen molar-refractivity contribution >= 4 is 66.3 Å². The first-order chi connectivity index (χ1) is 21.3. The molecule has 0 bridgehead atoms. The maximum Gasteiger partial charge on any atom is 0.0390 e. The summed E-state index contributed by atoms with van der Waals surface area (Å²) in [4.78, 5) is 0. The summed E-state index contributed by atoms with van der Waals surface area (Å²) in [7, 11) is 0. The van der Waals surface area contributed by atoms with Crippen molar-refractivity contribution in [1.29, 1.82) is 0 Å². The molecule has 43 heavy (non-hydrogen) atoms. The highest BCUT2D eigenvalue weighted by atomic mass is 32.1. The molecule has 0 fully saturated rings. The first kappa shape index (κ1) is 25.9. The Morgan fingerprint density at radius 1 is 0.767 bits per heavy atom. The van der Waals surface area contributed by atoms with E-state index in [4.69, 9.17) is 0 Å². The number of hydrogen-bond donors (Lipinski definition) is 0. The fourth-order valence-electron chi connectivity index (χ4n) is 6.96. The second-order valence-electron chi connectivity index (χ2n) is 11.6. The Morgan fingerprint density at radius 2 is 1.65 bits per heavy atom. The van der Waals surface area contributed by atoms with Crippen LogP contribution in [0, 0.1) is 0 Å². The van der Waals surface area contributed by atoms with Crippen molar-refractivity contribution in [2.45, 2.75) is 25.2 Å². The molecule has 5 aromatic carbocycles. The Kier molecular flexibility index (Phi) is 6.54. The van der Waals surface area contributed by atoms with Gasteiger partial charge in [0.2, 0.25) is 0 Å². The molecular weight excluding hydrogens is 537 g/mol. The monoisotopic (exact) mass is 568 g/mol. The summed E-state index contributed by atoms with van der Waals surface area (Å²) in [6.45, 7) is 3.87. The van der Waals surface area contributed by atoms with Crippen LogP contribution < -0.4 is 9.75 Å². The quantitative estimate of drug-likeness (QED) is 0.143. The highest BCUT2D eigenvalue weighted by Crippen LogP contribution is 2.38. The lowest BCUT2D eigenvalue weighted by atomic mass is 9.83. The molecule has 0 radical (unpaired) electrons. The Bertz CT molecular complexity index is 2290. The van der Waals surface area contributed by atoms with Crippen molar-refractivity contribution in [3.05, 3.63) is 166 Å². The molecule has 0 N–H and O–H groups in total. The fourth-order valence-corrected chi connectivity index (χ4v) is 8.26. The molecule has 2 aliphatic carbocycles. The molecule has 0 spiro atoms. The SMILES string of the molecule is C=C/C=C\c1cc2ccccc2c2cc(C3=CC=CC(c4cccc(C5=c6sc7ccccc7c6=CCC5)c4)C3)ccc12. The molecule has 1 heteroatoms. The third-order valence-corrected chi connectivity index (χ3v) is 10.3. The van der Waals surface area contributed by atoms with Crippen molar-refractivity contribution in [2.75, 3.05) is 0 Å². The highest BCUT2D eigenvalue weighted by Gasteiger charge is 2.18. The Morgan fingerprint density at radius 3 is 2.58 bits per heavy atom. The van der Waals surface area contributed by atoms with Gasteiger partial charge < -0.3 is 0 Å². The second-order valence-corrected chi connectivity index (χ2v) is 12.7. The minimum Gasteiger partial charge on any atom is -0.135 e. The summed E-state index contributed by atoms with van der Waals surface area (Å²) in [5, 5.41) is 7.98. The number of allylic oxidation sites excluding steroid dienone is 6. The molecule has 206 valence electrons. The second kappa shape index (κ2) is 10.8. The third kappa shape index (κ3) is 4.61. The number of benzene rings is 5. The van der Waals surface area contributed by atoms with Crippen LogP contribution in [0.4, 0.5) is 0 Å². The van der Waals surface area contributed by atoms with Gasteiger partial charge in [0.1, 0.15) is 0 Å². The van der Waals surface area contributed by atoms with Gasteiger partial charge in [-0.05, 0) is 103 Å². The molecule has 0 nitrogen and oxygen atoms in total. The molecule has 0 aliphatic heterocycles. The first-order valence-electron chi connectivity index (χ1n) is 15.2. The molecule has 0 saturated carbocycles. The van der Waals surface area contributed by atoms with Crippen molar-refractivity contribution in [2.24, 2.45) is 0 Å². The van der Waals surface area contributed by atoms with Gasteiger partial charge in [0.05, 0.1) is 0 Å². The molecule has 0 amide bonds. The zero-order chi connectivity index (χ0) is 28.8. The van der Waals surface area contributed by atoms with Crippen LogP contribution in [0.2, 0.25) is 0 Å². The van der Waals surface area contributed by atoms with E-state index in [2.05, 4.69) is 134 Å². The van der Waals surface area contributed by atoms with E-state index in [1.165, 1.54) is 74.8 Å². The molecule has 1 aromatic heterocycles. The Hall–Kier alpha value is -4.72. The summed E-state index contributed by atoms with van der Waals surface area (Å²) >= 11 is 1.95. The summed E-state index contributed by atoms with van der Waals surface area (Å²) in [5.74, 6) is 0.354. The molecular formula is C42H32S. The summed E-state index contributed by atoms with van der Waals surface area (Å²) in [6.07, 6.45) is 18.6. The largest absolute Gasteiger partial charge is 0.135 e. The molecule has 2 aliphatic rings. The van der Waals surface area contributed by atoms with Gasteiger partial charge >= 0.3 is 0 Å². The number of rotatable bonds is 5. The van der Waals surface area contributed by atoms with Crippen molar-refractivity contribution < 1.29 is 0 Å². The van der Waals surface area contributed by atoms with Crippen LogP contribution in [0.1, 0.15) is 47.4 Å². The topological polar surface area (TPSA) is 0 Å². The lowest BCUT2D eigenvalue weighted by Crippen LogP contribution is -2.25. The predicted octanol–water partition coefficient (Wildman–Crippen LogP) is 10.3. The van der Waals surface area contributed by atoms with E-state index in [0.29, 0.717) is 5.92 Å². The summed E-state index contributed by atoms with van der Waals surface area (Å²) in [5.41, 5.74) is 8.20. The van der Waals surface area contributed by atoms with Crippen LogP contribution >= 0.6 is 11.3 Å². The third-order valence-electron chi connectivity index (χ3n) is 9.07. The van der Waals surface area contributed by atoms with Crippen molar-refractivity contribution in [3.63, 3.8) is 0 Å². The maximum absolute atomic E-state index is 3.87. The number of fused-ring (bicyclic) bond motifs is 6. The van der Waals surface area contributed by atoms with Crippen molar-refractivity contribution in [1.82, 2.24) is 0 Å². The van der Waals surface area contributed by atoms with E-state index >= 15 is 0 Å². The molecule has 1 heterocycles. The zero-order valence-corrected chi connectivity index (χ0v) is 24.9. The van der Waals surface area contributed by atoms with E-state index < -0.39 is 0 Å². The van der Waals surface area contributed by atoms with Crippen LogP contribution in [-0.4, -0.2) is 0 Å². The van der Waals surface area contributed by atoms with Crippen LogP contribution in [0.3, 0.4) is 0 Å². The van der Waals surface area contributed by atoms with Crippen LogP contribution in [0.25, 0.3) is 54.9 Å². The van der Waals surface area contributed by atoms with Crippen LogP contribution in [-0.2, 0) is 0 Å². The zero-order valence-electron chi connectivity index (χ0n) is 24.1. The lowest BCUT2D eigenvalue weighted by molar-refractivity contribution is 0.866. The maximum atomic E-state index is 3.87. The fraction of sp³-hybridized carbons (Fsp3) is 0.0952. The first-order valence-corrected chi connectivity index (χ1v) is 16.0. The molecule has 6 aromatic rings. The van der Waals surface area contributed by atoms with E-state index in [0.717, 1.165) is 19.3 Å². The lowest BCUT2D eigenvalue weighted by Gasteiger charge is -2.21. The Labute approximate surface area is 256 Å². The van der Waals surface area contributed by atoms with Gasteiger partial charge in [-0.25, -0.2) is 0 Å². The van der Waals surface area contributed by atoms with E-state index in [9.17, 15) is 0 Å². The number of hydrogen-bond acceptors (Lipinski definition) is 1. The summed E-state index contributed by atoms with van der Waals surface area (Å²) in [6, 6.07) is 36.2. The average Bonchev–Trinajstić information content (AvgIpc) is 3.46.